The van der Waals surface area contributed by atoms with Crippen LogP contribution in [0.5, 0.6) is 0 Å². The zero-order chi connectivity index (χ0) is 11.2. The molecular weight excluding hydrogens is 218 g/mol. The van der Waals surface area contributed by atoms with E-state index in [1.54, 1.807) is 11.3 Å². The Labute approximate surface area is 102 Å². The van der Waals surface area contributed by atoms with E-state index in [2.05, 4.69) is 27.9 Å². The molecular formula is C12H21N3S. The number of nitrogens with one attached hydrogen (secondary N) is 2. The summed E-state index contributed by atoms with van der Waals surface area (Å²) < 4.78 is 0. The van der Waals surface area contributed by atoms with Gasteiger partial charge in [-0.1, -0.05) is 0 Å². The van der Waals surface area contributed by atoms with Gasteiger partial charge in [0, 0.05) is 11.9 Å². The summed E-state index contributed by atoms with van der Waals surface area (Å²) in [7, 11) is 0. The third-order valence-corrected chi connectivity index (χ3v) is 3.92. The van der Waals surface area contributed by atoms with Crippen molar-refractivity contribution in [3.8, 4) is 0 Å². The summed E-state index contributed by atoms with van der Waals surface area (Å²) in [6.07, 6.45) is 4.02. The first-order valence-electron chi connectivity index (χ1n) is 6.17. The van der Waals surface area contributed by atoms with Crippen molar-refractivity contribution in [3.63, 3.8) is 0 Å². The second kappa shape index (κ2) is 6.33. The highest BCUT2D eigenvalue weighted by molar-refractivity contribution is 7.09. The minimum Gasteiger partial charge on any atom is -0.316 e. The van der Waals surface area contributed by atoms with Crippen molar-refractivity contribution >= 4 is 11.3 Å². The maximum absolute atomic E-state index is 4.44. The Morgan fingerprint density at radius 3 is 3.25 bits per heavy atom. The van der Waals surface area contributed by atoms with Gasteiger partial charge in [0.05, 0.1) is 10.7 Å². The Hall–Kier alpha value is -0.450. The van der Waals surface area contributed by atoms with E-state index in [1.165, 1.54) is 38.0 Å². The molecule has 0 bridgehead atoms. The number of aromatic nitrogens is 1. The second-order valence-electron chi connectivity index (χ2n) is 4.54. The lowest BCUT2D eigenvalue weighted by molar-refractivity contribution is 0.351. The molecule has 0 saturated carbocycles. The van der Waals surface area contributed by atoms with E-state index in [4.69, 9.17) is 0 Å². The zero-order valence-electron chi connectivity index (χ0n) is 9.96. The van der Waals surface area contributed by atoms with Crippen molar-refractivity contribution in [2.24, 2.45) is 5.92 Å². The average Bonchev–Trinajstić information content (AvgIpc) is 2.72. The topological polar surface area (TPSA) is 37.0 Å². The molecule has 90 valence electrons. The molecule has 3 nitrogen and oxygen atoms in total. The zero-order valence-corrected chi connectivity index (χ0v) is 10.8. The largest absolute Gasteiger partial charge is 0.316 e. The molecule has 2 N–H and O–H groups in total. The molecule has 1 fully saturated rings. The lowest BCUT2D eigenvalue weighted by Crippen LogP contribution is -2.31. The van der Waals surface area contributed by atoms with Crippen LogP contribution in [0.3, 0.4) is 0 Å². The summed E-state index contributed by atoms with van der Waals surface area (Å²) in [5.74, 6) is 0.874. The molecule has 16 heavy (non-hydrogen) atoms. The Morgan fingerprint density at radius 1 is 1.62 bits per heavy atom. The molecule has 4 heteroatoms. The highest BCUT2D eigenvalue weighted by atomic mass is 32.1. The number of nitrogens with zero attached hydrogens (tertiary/aromatic N) is 1. The van der Waals surface area contributed by atoms with Crippen LogP contribution in [0, 0.1) is 12.8 Å². The van der Waals surface area contributed by atoms with Crippen molar-refractivity contribution in [2.75, 3.05) is 19.6 Å². The van der Waals surface area contributed by atoms with Gasteiger partial charge in [0.15, 0.2) is 0 Å². The minimum atomic E-state index is 0.874. The molecule has 0 radical (unpaired) electrons. The van der Waals surface area contributed by atoms with Gasteiger partial charge in [0.2, 0.25) is 0 Å². The molecule has 0 aromatic carbocycles. The summed E-state index contributed by atoms with van der Waals surface area (Å²) in [4.78, 5) is 4.44. The van der Waals surface area contributed by atoms with Gasteiger partial charge in [-0.2, -0.15) is 0 Å². The summed E-state index contributed by atoms with van der Waals surface area (Å²) in [6, 6.07) is 0. The SMILES string of the molecule is Cc1nc(CNCCC2CCCNC2)cs1. The Balaban J connectivity index is 1.57. The van der Waals surface area contributed by atoms with E-state index in [0.29, 0.717) is 0 Å². The van der Waals surface area contributed by atoms with Crippen LogP contribution in [0.4, 0.5) is 0 Å². The van der Waals surface area contributed by atoms with Crippen molar-refractivity contribution in [1.29, 1.82) is 0 Å². The predicted molar refractivity (Wildman–Crippen MR) is 68.8 cm³/mol. The molecule has 1 atom stereocenters. The van der Waals surface area contributed by atoms with Gasteiger partial charge in [-0.05, 0) is 51.7 Å². The predicted octanol–water partition coefficient (Wildman–Crippen LogP) is 1.93. The van der Waals surface area contributed by atoms with Crippen molar-refractivity contribution in [3.05, 3.63) is 16.1 Å². The average molecular weight is 239 g/mol. The number of rotatable bonds is 5. The van der Waals surface area contributed by atoms with Crippen LogP contribution in [0.1, 0.15) is 30.0 Å². The van der Waals surface area contributed by atoms with Crippen LogP contribution in [-0.4, -0.2) is 24.6 Å². The smallest absolute Gasteiger partial charge is 0.0897 e. The molecule has 2 heterocycles. The highest BCUT2D eigenvalue weighted by Gasteiger charge is 2.11. The molecule has 0 amide bonds. The second-order valence-corrected chi connectivity index (χ2v) is 5.60. The summed E-state index contributed by atoms with van der Waals surface area (Å²) in [5, 5.41) is 10.2. The van der Waals surface area contributed by atoms with Gasteiger partial charge < -0.3 is 10.6 Å². The van der Waals surface area contributed by atoms with E-state index >= 15 is 0 Å². The van der Waals surface area contributed by atoms with Gasteiger partial charge in [-0.3, -0.25) is 0 Å². The van der Waals surface area contributed by atoms with Crippen LogP contribution in [0.15, 0.2) is 5.38 Å². The van der Waals surface area contributed by atoms with E-state index < -0.39 is 0 Å². The van der Waals surface area contributed by atoms with Gasteiger partial charge >= 0.3 is 0 Å². The maximum atomic E-state index is 4.44. The Kier molecular flexibility index (Phi) is 4.75. The minimum absolute atomic E-state index is 0.874. The number of piperidine rings is 1. The van der Waals surface area contributed by atoms with Gasteiger partial charge in [0.25, 0.3) is 0 Å². The highest BCUT2D eigenvalue weighted by Crippen LogP contribution is 2.13. The fourth-order valence-electron chi connectivity index (χ4n) is 2.18. The first-order chi connectivity index (χ1) is 7.84. The summed E-state index contributed by atoms with van der Waals surface area (Å²) in [5.41, 5.74) is 1.18. The van der Waals surface area contributed by atoms with Gasteiger partial charge in [0.1, 0.15) is 0 Å². The van der Waals surface area contributed by atoms with E-state index in [1.807, 2.05) is 0 Å². The van der Waals surface area contributed by atoms with Gasteiger partial charge in [-0.15, -0.1) is 11.3 Å². The number of hydrogen-bond acceptors (Lipinski definition) is 4. The van der Waals surface area contributed by atoms with Crippen LogP contribution in [0.25, 0.3) is 0 Å². The quantitative estimate of drug-likeness (QED) is 0.771. The molecule has 1 aromatic heterocycles. The third kappa shape index (κ3) is 3.85. The lowest BCUT2D eigenvalue weighted by Gasteiger charge is -2.22. The molecule has 2 rings (SSSR count). The molecule has 1 saturated heterocycles. The van der Waals surface area contributed by atoms with Crippen LogP contribution < -0.4 is 10.6 Å². The normalized spacial score (nSPS) is 21.2. The first-order valence-corrected chi connectivity index (χ1v) is 7.05. The molecule has 0 spiro atoms. The van der Waals surface area contributed by atoms with Crippen LogP contribution in [0.2, 0.25) is 0 Å². The van der Waals surface area contributed by atoms with Crippen molar-refractivity contribution in [1.82, 2.24) is 15.6 Å². The first kappa shape index (κ1) is 12.0. The standard InChI is InChI=1S/C12H21N3S/c1-10-15-12(9-16-10)8-14-6-4-11-3-2-5-13-7-11/h9,11,13-14H,2-8H2,1H3. The van der Waals surface area contributed by atoms with Crippen molar-refractivity contribution in [2.45, 2.75) is 32.7 Å². The Bertz CT molecular complexity index is 305. The maximum Gasteiger partial charge on any atom is 0.0897 e. The van der Waals surface area contributed by atoms with Crippen LogP contribution in [-0.2, 0) is 6.54 Å². The molecule has 1 aliphatic rings. The van der Waals surface area contributed by atoms with E-state index in [9.17, 15) is 0 Å². The third-order valence-electron chi connectivity index (χ3n) is 3.10. The number of aryl methyl sites for hydroxylation is 1. The summed E-state index contributed by atoms with van der Waals surface area (Å²) >= 11 is 1.73. The van der Waals surface area contributed by atoms with Crippen molar-refractivity contribution < 1.29 is 0 Å². The van der Waals surface area contributed by atoms with Crippen LogP contribution >= 0.6 is 11.3 Å². The lowest BCUT2D eigenvalue weighted by atomic mass is 9.96. The fourth-order valence-corrected chi connectivity index (χ4v) is 2.80. The van der Waals surface area contributed by atoms with Gasteiger partial charge in [-0.25, -0.2) is 4.98 Å². The summed E-state index contributed by atoms with van der Waals surface area (Å²) in [6.45, 7) is 6.51. The molecule has 1 aromatic rings. The van der Waals surface area contributed by atoms with E-state index in [0.717, 1.165) is 24.0 Å². The fraction of sp³-hybridized carbons (Fsp3) is 0.750. The Morgan fingerprint density at radius 2 is 2.56 bits per heavy atom. The monoisotopic (exact) mass is 239 g/mol. The molecule has 1 unspecified atom stereocenters. The number of hydrogen-bond donors (Lipinski definition) is 2. The number of thiazole rings is 1. The van der Waals surface area contributed by atoms with E-state index in [-0.39, 0.29) is 0 Å². The molecule has 0 aliphatic carbocycles. The molecule has 1 aliphatic heterocycles.